The Bertz CT molecular complexity index is 420. The fourth-order valence-electron chi connectivity index (χ4n) is 1.23. The van der Waals surface area contributed by atoms with Crippen LogP contribution in [0.15, 0.2) is 24.3 Å². The van der Waals surface area contributed by atoms with Crippen LogP contribution in [0.25, 0.3) is 0 Å². The first-order chi connectivity index (χ1) is 6.76. The molecule has 0 amide bonds. The molecule has 0 radical (unpaired) electrons. The molecule has 0 aromatic carbocycles. The summed E-state index contributed by atoms with van der Waals surface area (Å²) < 4.78 is 35.1. The Hall–Kier alpha value is -1.18. The highest BCUT2D eigenvalue weighted by Gasteiger charge is 2.45. The zero-order valence-electron chi connectivity index (χ0n) is 7.82. The van der Waals surface area contributed by atoms with Crippen molar-refractivity contribution in [1.82, 2.24) is 0 Å². The van der Waals surface area contributed by atoms with E-state index in [9.17, 15) is 18.3 Å². The molecule has 0 bridgehead atoms. The van der Waals surface area contributed by atoms with Gasteiger partial charge in [0.2, 0.25) is 0 Å². The quantitative estimate of drug-likeness (QED) is 0.384. The van der Waals surface area contributed by atoms with E-state index in [1.54, 1.807) is 0 Å². The molecular weight excluding hydrogens is 224 g/mol. The van der Waals surface area contributed by atoms with Crippen LogP contribution < -0.4 is 0 Å². The molecule has 1 rings (SSSR count). The van der Waals surface area contributed by atoms with E-state index in [4.69, 9.17) is 4.55 Å². The van der Waals surface area contributed by atoms with E-state index in [2.05, 4.69) is 4.74 Å². The van der Waals surface area contributed by atoms with Crippen LogP contribution in [0, 0.1) is 0 Å². The minimum absolute atomic E-state index is 0.855. The first-order valence-electron chi connectivity index (χ1n) is 4.00. The molecular formula is C8H10O6S. The van der Waals surface area contributed by atoms with Gasteiger partial charge in [0.15, 0.2) is 5.25 Å². The lowest BCUT2D eigenvalue weighted by molar-refractivity contribution is -0.186. The Labute approximate surface area is 86.6 Å². The number of ether oxygens (including phenoxy) is 1. The third kappa shape index (κ3) is 2.65. The van der Waals surface area contributed by atoms with E-state index < -0.39 is 27.1 Å². The minimum Gasteiger partial charge on any atom is -0.428 e. The number of aliphatic hydroxyl groups is 1. The SMILES string of the molecule is CC(=O)OC1(O)C=CC=CC1S(=O)(=O)O. The number of hydrogen-bond donors (Lipinski definition) is 2. The molecule has 7 heteroatoms. The minimum atomic E-state index is -4.54. The summed E-state index contributed by atoms with van der Waals surface area (Å²) in [6.45, 7) is 1.02. The Morgan fingerprint density at radius 2 is 2.07 bits per heavy atom. The Morgan fingerprint density at radius 1 is 1.47 bits per heavy atom. The van der Waals surface area contributed by atoms with Crippen molar-refractivity contribution >= 4 is 16.1 Å². The third-order valence-corrected chi connectivity index (χ3v) is 2.90. The second kappa shape index (κ2) is 3.76. The van der Waals surface area contributed by atoms with Gasteiger partial charge in [-0.15, -0.1) is 0 Å². The van der Waals surface area contributed by atoms with Crippen LogP contribution in [0.2, 0.25) is 0 Å². The van der Waals surface area contributed by atoms with Crippen LogP contribution in [0.1, 0.15) is 6.92 Å². The van der Waals surface area contributed by atoms with Gasteiger partial charge in [0.25, 0.3) is 15.9 Å². The molecule has 0 saturated heterocycles. The molecule has 0 aromatic rings. The normalized spacial score (nSPS) is 30.2. The molecule has 0 aromatic heterocycles. The molecule has 1 aliphatic rings. The van der Waals surface area contributed by atoms with Gasteiger partial charge in [0.05, 0.1) is 0 Å². The maximum Gasteiger partial charge on any atom is 0.305 e. The molecule has 0 saturated carbocycles. The van der Waals surface area contributed by atoms with Gasteiger partial charge in [-0.2, -0.15) is 8.42 Å². The molecule has 0 spiro atoms. The smallest absolute Gasteiger partial charge is 0.305 e. The monoisotopic (exact) mass is 234 g/mol. The zero-order valence-corrected chi connectivity index (χ0v) is 8.64. The number of allylic oxidation sites excluding steroid dienone is 2. The molecule has 6 nitrogen and oxygen atoms in total. The van der Waals surface area contributed by atoms with Crippen molar-refractivity contribution in [2.24, 2.45) is 0 Å². The molecule has 2 unspecified atom stereocenters. The van der Waals surface area contributed by atoms with Crippen LogP contribution >= 0.6 is 0 Å². The topological polar surface area (TPSA) is 101 Å². The van der Waals surface area contributed by atoms with Crippen LogP contribution in [0.5, 0.6) is 0 Å². The second-order valence-corrected chi connectivity index (χ2v) is 4.56. The third-order valence-electron chi connectivity index (χ3n) is 1.77. The fourth-order valence-corrected chi connectivity index (χ4v) is 2.07. The van der Waals surface area contributed by atoms with Gasteiger partial charge in [0, 0.05) is 6.92 Å². The first-order valence-corrected chi connectivity index (χ1v) is 5.50. The lowest BCUT2D eigenvalue weighted by Crippen LogP contribution is -2.48. The zero-order chi connectivity index (χ0) is 11.7. The molecule has 0 fully saturated rings. The van der Waals surface area contributed by atoms with Crippen LogP contribution in [-0.2, 0) is 19.6 Å². The maximum atomic E-state index is 10.9. The highest BCUT2D eigenvalue weighted by atomic mass is 32.2. The van der Waals surface area contributed by atoms with E-state index in [0.717, 1.165) is 19.1 Å². The number of hydrogen-bond acceptors (Lipinski definition) is 5. The Kier molecular flexibility index (Phi) is 2.98. The van der Waals surface area contributed by atoms with E-state index >= 15 is 0 Å². The predicted octanol–water partition coefficient (Wildman–Crippen LogP) is -0.379. The van der Waals surface area contributed by atoms with Crippen molar-refractivity contribution in [2.75, 3.05) is 0 Å². The number of carbonyl (C=O) groups is 1. The molecule has 0 heterocycles. The Morgan fingerprint density at radius 3 is 2.53 bits per heavy atom. The summed E-state index contributed by atoms with van der Waals surface area (Å²) in [4.78, 5) is 10.7. The molecule has 84 valence electrons. The largest absolute Gasteiger partial charge is 0.428 e. The Balaban J connectivity index is 3.10. The predicted molar refractivity (Wildman–Crippen MR) is 50.3 cm³/mol. The summed E-state index contributed by atoms with van der Waals surface area (Å²) in [6, 6.07) is 0. The van der Waals surface area contributed by atoms with Crippen molar-refractivity contribution in [3.8, 4) is 0 Å². The van der Waals surface area contributed by atoms with Gasteiger partial charge in [0.1, 0.15) is 0 Å². The highest BCUT2D eigenvalue weighted by Crippen LogP contribution is 2.25. The van der Waals surface area contributed by atoms with Crippen molar-refractivity contribution < 1.29 is 27.6 Å². The molecule has 2 atom stereocenters. The van der Waals surface area contributed by atoms with E-state index in [0.29, 0.717) is 0 Å². The lowest BCUT2D eigenvalue weighted by atomic mass is 10.1. The van der Waals surface area contributed by atoms with Gasteiger partial charge >= 0.3 is 5.97 Å². The number of rotatable bonds is 2. The second-order valence-electron chi connectivity index (χ2n) is 3.03. The lowest BCUT2D eigenvalue weighted by Gasteiger charge is -2.30. The van der Waals surface area contributed by atoms with Crippen molar-refractivity contribution in [3.63, 3.8) is 0 Å². The average Bonchev–Trinajstić information content (AvgIpc) is 1.99. The van der Waals surface area contributed by atoms with Crippen molar-refractivity contribution in [1.29, 1.82) is 0 Å². The summed E-state index contributed by atoms with van der Waals surface area (Å²) in [5, 5.41) is 8.01. The average molecular weight is 234 g/mol. The van der Waals surface area contributed by atoms with Crippen LogP contribution in [0.4, 0.5) is 0 Å². The van der Waals surface area contributed by atoms with Gasteiger partial charge in [-0.1, -0.05) is 18.2 Å². The van der Waals surface area contributed by atoms with Gasteiger partial charge in [-0.25, -0.2) is 0 Å². The van der Waals surface area contributed by atoms with Gasteiger partial charge in [-0.05, 0) is 6.08 Å². The molecule has 0 aliphatic heterocycles. The first kappa shape index (κ1) is 11.9. The number of carbonyl (C=O) groups excluding carboxylic acids is 1. The highest BCUT2D eigenvalue weighted by molar-refractivity contribution is 7.86. The molecule has 15 heavy (non-hydrogen) atoms. The summed E-state index contributed by atoms with van der Waals surface area (Å²) in [5.41, 5.74) is 0. The maximum absolute atomic E-state index is 10.9. The fraction of sp³-hybridized carbons (Fsp3) is 0.375. The standard InChI is InChI=1S/C8H10O6S/c1-6(9)14-8(10)5-3-2-4-7(8)15(11,12)13/h2-5,7,10H,1H3,(H,11,12,13). The van der Waals surface area contributed by atoms with Crippen molar-refractivity contribution in [2.45, 2.75) is 18.0 Å². The van der Waals surface area contributed by atoms with Gasteiger partial charge in [-0.3, -0.25) is 9.35 Å². The summed E-state index contributed by atoms with van der Waals surface area (Å²) in [5.74, 6) is -3.21. The molecule has 1 aliphatic carbocycles. The molecule has 2 N–H and O–H groups in total. The number of esters is 1. The van der Waals surface area contributed by atoms with E-state index in [1.807, 2.05) is 0 Å². The van der Waals surface area contributed by atoms with E-state index in [-0.39, 0.29) is 0 Å². The van der Waals surface area contributed by atoms with Crippen LogP contribution in [0.3, 0.4) is 0 Å². The van der Waals surface area contributed by atoms with Crippen LogP contribution in [-0.4, -0.2) is 35.1 Å². The van der Waals surface area contributed by atoms with E-state index in [1.165, 1.54) is 12.2 Å². The summed E-state index contributed by atoms with van der Waals surface area (Å²) in [7, 11) is -4.54. The van der Waals surface area contributed by atoms with Crippen molar-refractivity contribution in [3.05, 3.63) is 24.3 Å². The van der Waals surface area contributed by atoms with Gasteiger partial charge < -0.3 is 9.84 Å². The summed E-state index contributed by atoms with van der Waals surface area (Å²) >= 11 is 0. The summed E-state index contributed by atoms with van der Waals surface area (Å²) in [6.07, 6.45) is 4.63.